The van der Waals surface area contributed by atoms with E-state index in [0.717, 1.165) is 22.3 Å². The number of rotatable bonds is 32. The van der Waals surface area contributed by atoms with Gasteiger partial charge in [0.05, 0.1) is 132 Å². The molecule has 0 aromatic heterocycles. The Bertz CT molecular complexity index is 1040. The van der Waals surface area contributed by atoms with Crippen LogP contribution in [0.3, 0.4) is 0 Å². The number of ether oxygens (including phenoxy) is 10. The quantitative estimate of drug-likeness (QED) is 0.0677. The molecular weight excluding hydrogens is 656 g/mol. The van der Waals surface area contributed by atoms with E-state index >= 15 is 0 Å². The van der Waals surface area contributed by atoms with E-state index < -0.39 is 0 Å². The van der Waals surface area contributed by atoms with Crippen molar-refractivity contribution in [3.05, 3.63) is 107 Å². The van der Waals surface area contributed by atoms with Crippen LogP contribution < -0.4 is 0 Å². The molecule has 11 heteroatoms. The molecule has 10 nitrogen and oxygen atoms in total. The van der Waals surface area contributed by atoms with E-state index in [4.69, 9.17) is 47.4 Å². The van der Waals surface area contributed by atoms with Gasteiger partial charge in [-0.25, -0.2) is 0 Å². The van der Waals surface area contributed by atoms with Crippen LogP contribution in [0.5, 0.6) is 0 Å². The standard InChI is InChI=1S/C38H54O10.K.H/c1-3-9-35(10-4-1)31-45-27-23-41-19-15-39-17-21-43-25-29-47-33-37-13-7-8-14-38(37)34-48-30-26-44-22-18-40-16-20-42-24-28-46-32-36-11-5-2-6-12-36;;/h1-14H,15-34H2;;. The molecule has 268 valence electrons. The van der Waals surface area contributed by atoms with Crippen molar-refractivity contribution in [3.8, 4) is 0 Å². The van der Waals surface area contributed by atoms with Crippen molar-refractivity contribution in [3.63, 3.8) is 0 Å². The third-order valence-corrected chi connectivity index (χ3v) is 6.83. The second-order valence-corrected chi connectivity index (χ2v) is 10.6. The molecule has 0 aliphatic heterocycles. The van der Waals surface area contributed by atoms with Crippen molar-refractivity contribution in [2.45, 2.75) is 26.4 Å². The van der Waals surface area contributed by atoms with Crippen LogP contribution in [0.1, 0.15) is 22.3 Å². The summed E-state index contributed by atoms with van der Waals surface area (Å²) in [4.78, 5) is 0. The molecule has 49 heavy (non-hydrogen) atoms. The van der Waals surface area contributed by atoms with Gasteiger partial charge in [0.2, 0.25) is 0 Å². The van der Waals surface area contributed by atoms with Crippen LogP contribution in [-0.4, -0.2) is 157 Å². The Morgan fingerprint density at radius 1 is 0.245 bits per heavy atom. The van der Waals surface area contributed by atoms with Crippen LogP contribution in [0.15, 0.2) is 84.9 Å². The average molecular weight is 711 g/mol. The van der Waals surface area contributed by atoms with E-state index in [1.807, 2.05) is 72.8 Å². The van der Waals surface area contributed by atoms with Crippen LogP contribution in [0, 0.1) is 0 Å². The van der Waals surface area contributed by atoms with Crippen molar-refractivity contribution < 1.29 is 47.4 Å². The predicted molar refractivity (Wildman–Crippen MR) is 190 cm³/mol. The van der Waals surface area contributed by atoms with Gasteiger partial charge in [-0.2, -0.15) is 0 Å². The van der Waals surface area contributed by atoms with E-state index in [1.165, 1.54) is 0 Å². The maximum atomic E-state index is 5.81. The van der Waals surface area contributed by atoms with Gasteiger partial charge in [-0.3, -0.25) is 0 Å². The molecule has 0 aliphatic carbocycles. The van der Waals surface area contributed by atoms with Crippen molar-refractivity contribution in [2.75, 3.05) is 106 Å². The summed E-state index contributed by atoms with van der Waals surface area (Å²) in [5.41, 5.74) is 4.53. The molecule has 0 fully saturated rings. The summed E-state index contributed by atoms with van der Waals surface area (Å²) in [7, 11) is 0. The average Bonchev–Trinajstić information content (AvgIpc) is 3.13. The minimum atomic E-state index is 0. The molecule has 0 amide bonds. The predicted octanol–water partition coefficient (Wildman–Crippen LogP) is 4.60. The molecule has 0 heterocycles. The number of benzene rings is 3. The van der Waals surface area contributed by atoms with Gasteiger partial charge in [0.25, 0.3) is 0 Å². The van der Waals surface area contributed by atoms with Crippen LogP contribution in [0.4, 0.5) is 0 Å². The zero-order chi connectivity index (χ0) is 33.4. The van der Waals surface area contributed by atoms with Crippen molar-refractivity contribution in [1.82, 2.24) is 0 Å². The summed E-state index contributed by atoms with van der Waals surface area (Å²) in [5, 5.41) is 0. The molecule has 0 N–H and O–H groups in total. The van der Waals surface area contributed by atoms with E-state index in [2.05, 4.69) is 12.1 Å². The molecule has 0 unspecified atom stereocenters. The fourth-order valence-corrected chi connectivity index (χ4v) is 4.29. The Hall–Kier alpha value is -1.10. The molecule has 0 bridgehead atoms. The first kappa shape index (κ1) is 44.1. The van der Waals surface area contributed by atoms with Gasteiger partial charge in [-0.1, -0.05) is 84.9 Å². The molecule has 3 rings (SSSR count). The topological polar surface area (TPSA) is 92.3 Å². The van der Waals surface area contributed by atoms with Crippen LogP contribution in [0.25, 0.3) is 0 Å². The number of hydrogen-bond acceptors (Lipinski definition) is 10. The fraction of sp³-hybridized carbons (Fsp3) is 0.526. The van der Waals surface area contributed by atoms with Gasteiger partial charge in [0.15, 0.2) is 0 Å². The molecule has 0 spiro atoms. The van der Waals surface area contributed by atoms with Crippen molar-refractivity contribution >= 4 is 51.4 Å². The molecule has 3 aromatic carbocycles. The second kappa shape index (κ2) is 32.8. The Kier molecular flexibility index (Phi) is 29.5. The van der Waals surface area contributed by atoms with E-state index in [1.54, 1.807) is 0 Å². The van der Waals surface area contributed by atoms with Crippen LogP contribution in [-0.2, 0) is 73.8 Å². The number of hydrogen-bond donors (Lipinski definition) is 0. The van der Waals surface area contributed by atoms with Gasteiger partial charge in [-0.15, -0.1) is 0 Å². The molecule has 0 saturated heterocycles. The smallest absolute Gasteiger partial charge is 0.0721 e. The first-order valence-corrected chi connectivity index (χ1v) is 16.8. The van der Waals surface area contributed by atoms with Gasteiger partial charge in [0.1, 0.15) is 0 Å². The molecule has 3 aromatic rings. The van der Waals surface area contributed by atoms with Gasteiger partial charge in [-0.05, 0) is 22.3 Å². The molecule has 0 radical (unpaired) electrons. The largest absolute Gasteiger partial charge is 0.377 e. The maximum absolute atomic E-state index is 5.81. The van der Waals surface area contributed by atoms with Gasteiger partial charge < -0.3 is 47.4 Å². The summed E-state index contributed by atoms with van der Waals surface area (Å²) in [6.45, 7) is 10.7. The minimum Gasteiger partial charge on any atom is -0.377 e. The SMILES string of the molecule is [KH].c1ccc(COCCOCCOCCOCCOCc2ccccc2COCCOCCOCCOCCOCc2ccccc2)cc1. The zero-order valence-electron chi connectivity index (χ0n) is 28.3. The molecule has 0 saturated carbocycles. The summed E-state index contributed by atoms with van der Waals surface area (Å²) in [6.07, 6.45) is 0. The maximum Gasteiger partial charge on any atom is 0.0721 e. The summed E-state index contributed by atoms with van der Waals surface area (Å²) >= 11 is 0. The fourth-order valence-electron chi connectivity index (χ4n) is 4.29. The zero-order valence-corrected chi connectivity index (χ0v) is 28.3. The van der Waals surface area contributed by atoms with E-state index in [0.29, 0.717) is 132 Å². The Morgan fingerprint density at radius 3 is 0.755 bits per heavy atom. The Morgan fingerprint density at radius 2 is 0.469 bits per heavy atom. The third-order valence-electron chi connectivity index (χ3n) is 6.83. The van der Waals surface area contributed by atoms with Gasteiger partial charge >= 0.3 is 51.4 Å². The normalized spacial score (nSPS) is 11.1. The minimum absolute atomic E-state index is 0. The Labute approximate surface area is 335 Å². The summed E-state index contributed by atoms with van der Waals surface area (Å²) in [5.74, 6) is 0. The summed E-state index contributed by atoms with van der Waals surface area (Å²) in [6, 6.07) is 28.3. The molecular formula is C38H55KO10. The van der Waals surface area contributed by atoms with E-state index in [9.17, 15) is 0 Å². The first-order valence-electron chi connectivity index (χ1n) is 16.8. The Balaban J connectivity index is 0.00000833. The third kappa shape index (κ3) is 24.7. The second-order valence-electron chi connectivity index (χ2n) is 10.6. The molecule has 0 aliphatic rings. The van der Waals surface area contributed by atoms with Gasteiger partial charge in [0, 0.05) is 0 Å². The van der Waals surface area contributed by atoms with Crippen molar-refractivity contribution in [2.24, 2.45) is 0 Å². The van der Waals surface area contributed by atoms with Crippen molar-refractivity contribution in [1.29, 1.82) is 0 Å². The van der Waals surface area contributed by atoms with Crippen LogP contribution >= 0.6 is 0 Å². The van der Waals surface area contributed by atoms with E-state index in [-0.39, 0.29) is 51.4 Å². The first-order chi connectivity index (χ1) is 23.9. The summed E-state index contributed by atoms with van der Waals surface area (Å²) < 4.78 is 56.2. The molecule has 0 atom stereocenters. The van der Waals surface area contributed by atoms with Crippen LogP contribution in [0.2, 0.25) is 0 Å². The monoisotopic (exact) mass is 710 g/mol.